The van der Waals surface area contributed by atoms with E-state index in [1.165, 1.54) is 11.3 Å². The van der Waals surface area contributed by atoms with Gasteiger partial charge in [0, 0.05) is 19.1 Å². The van der Waals surface area contributed by atoms with E-state index in [0.717, 1.165) is 22.9 Å². The minimum Gasteiger partial charge on any atom is -0.336 e. The summed E-state index contributed by atoms with van der Waals surface area (Å²) in [5.74, 6) is 0.0727. The van der Waals surface area contributed by atoms with E-state index in [0.29, 0.717) is 6.54 Å². The normalized spacial score (nSPS) is 21.6. The largest absolute Gasteiger partial charge is 0.336 e. The van der Waals surface area contributed by atoms with Gasteiger partial charge in [-0.3, -0.25) is 4.79 Å². The number of likely N-dealkylation sites (tertiary alicyclic amines) is 1. The summed E-state index contributed by atoms with van der Waals surface area (Å²) in [7, 11) is 0. The first kappa shape index (κ1) is 9.61. The first-order valence-corrected chi connectivity index (χ1v) is 5.46. The molecule has 0 radical (unpaired) electrons. The summed E-state index contributed by atoms with van der Waals surface area (Å²) in [4.78, 5) is 18.4. The molecule has 1 amide bonds. The van der Waals surface area contributed by atoms with E-state index in [1.807, 2.05) is 6.92 Å². The molecule has 2 heterocycles. The van der Waals surface area contributed by atoms with Crippen molar-refractivity contribution >= 4 is 17.2 Å². The molecule has 0 unspecified atom stereocenters. The molecule has 1 fully saturated rings. The van der Waals surface area contributed by atoms with E-state index in [9.17, 15) is 4.79 Å². The van der Waals surface area contributed by atoms with Crippen LogP contribution in [0.4, 0.5) is 0 Å². The van der Waals surface area contributed by atoms with Crippen molar-refractivity contribution in [2.45, 2.75) is 19.4 Å². The minimum absolute atomic E-state index is 0.0727. The molecule has 1 saturated heterocycles. The molecule has 5 heteroatoms. The lowest BCUT2D eigenvalue weighted by atomic mass is 10.3. The quantitative estimate of drug-likeness (QED) is 0.741. The van der Waals surface area contributed by atoms with E-state index < -0.39 is 0 Å². The number of carbonyl (C=O) groups excluding carboxylic acids is 1. The Hall–Kier alpha value is -0.940. The fourth-order valence-corrected chi connectivity index (χ4v) is 2.33. The maximum absolute atomic E-state index is 11.8. The Morgan fingerprint density at radius 2 is 2.57 bits per heavy atom. The second kappa shape index (κ2) is 3.67. The monoisotopic (exact) mass is 211 g/mol. The van der Waals surface area contributed by atoms with E-state index in [2.05, 4.69) is 4.98 Å². The Bertz CT molecular complexity index is 350. The summed E-state index contributed by atoms with van der Waals surface area (Å²) >= 11 is 1.44. The van der Waals surface area contributed by atoms with Crippen LogP contribution in [0.15, 0.2) is 6.20 Å². The van der Waals surface area contributed by atoms with Crippen LogP contribution in [0.5, 0.6) is 0 Å². The van der Waals surface area contributed by atoms with Crippen molar-refractivity contribution in [2.24, 2.45) is 5.73 Å². The first-order chi connectivity index (χ1) is 6.66. The van der Waals surface area contributed by atoms with Gasteiger partial charge in [0.15, 0.2) is 0 Å². The van der Waals surface area contributed by atoms with E-state index in [1.54, 1.807) is 11.1 Å². The van der Waals surface area contributed by atoms with Crippen molar-refractivity contribution < 1.29 is 4.79 Å². The van der Waals surface area contributed by atoms with Gasteiger partial charge in [-0.1, -0.05) is 0 Å². The number of aromatic nitrogens is 1. The standard InChI is InChI=1S/C9H13N3OS/c1-6-11-4-8(14-6)9(13)12-3-2-7(10)5-12/h4,7H,2-3,5,10H2,1H3/t7-/m1/s1. The summed E-state index contributed by atoms with van der Waals surface area (Å²) in [5, 5.41) is 0.928. The summed E-state index contributed by atoms with van der Waals surface area (Å²) in [6.07, 6.45) is 2.55. The third-order valence-corrected chi connectivity index (χ3v) is 3.24. The molecule has 2 rings (SSSR count). The third-order valence-electron chi connectivity index (χ3n) is 2.34. The zero-order chi connectivity index (χ0) is 10.1. The molecular formula is C9H13N3OS. The molecule has 4 nitrogen and oxygen atoms in total. The molecule has 1 aromatic rings. The lowest BCUT2D eigenvalue weighted by molar-refractivity contribution is 0.0795. The molecule has 1 aliphatic rings. The molecule has 1 aliphatic heterocycles. The fraction of sp³-hybridized carbons (Fsp3) is 0.556. The van der Waals surface area contributed by atoms with Crippen LogP contribution in [0.1, 0.15) is 21.1 Å². The molecule has 0 aromatic carbocycles. The number of rotatable bonds is 1. The molecule has 76 valence electrons. The van der Waals surface area contributed by atoms with Gasteiger partial charge in [-0.15, -0.1) is 11.3 Å². The maximum atomic E-state index is 11.8. The Balaban J connectivity index is 2.09. The predicted octanol–water partition coefficient (Wildman–Crippen LogP) is 0.625. The van der Waals surface area contributed by atoms with Gasteiger partial charge in [-0.05, 0) is 13.3 Å². The van der Waals surface area contributed by atoms with Crippen molar-refractivity contribution in [3.63, 3.8) is 0 Å². The average molecular weight is 211 g/mol. The molecule has 0 bridgehead atoms. The molecule has 0 saturated carbocycles. The molecule has 0 spiro atoms. The highest BCUT2D eigenvalue weighted by Gasteiger charge is 2.25. The van der Waals surface area contributed by atoms with Crippen LogP contribution in [-0.2, 0) is 0 Å². The second-order valence-corrected chi connectivity index (χ2v) is 4.78. The van der Waals surface area contributed by atoms with Crippen LogP contribution in [0.3, 0.4) is 0 Å². The molecular weight excluding hydrogens is 198 g/mol. The van der Waals surface area contributed by atoms with Gasteiger partial charge in [-0.2, -0.15) is 0 Å². The number of hydrogen-bond acceptors (Lipinski definition) is 4. The number of aryl methyl sites for hydroxylation is 1. The molecule has 14 heavy (non-hydrogen) atoms. The number of hydrogen-bond donors (Lipinski definition) is 1. The lowest BCUT2D eigenvalue weighted by Gasteiger charge is -2.13. The van der Waals surface area contributed by atoms with Gasteiger partial charge in [-0.25, -0.2) is 4.98 Å². The number of carbonyl (C=O) groups is 1. The lowest BCUT2D eigenvalue weighted by Crippen LogP contribution is -2.31. The second-order valence-electron chi connectivity index (χ2n) is 3.54. The predicted molar refractivity (Wildman–Crippen MR) is 55.3 cm³/mol. The van der Waals surface area contributed by atoms with Crippen LogP contribution in [0.2, 0.25) is 0 Å². The van der Waals surface area contributed by atoms with Crippen LogP contribution in [0.25, 0.3) is 0 Å². The zero-order valence-electron chi connectivity index (χ0n) is 8.06. The van der Waals surface area contributed by atoms with Gasteiger partial charge in [0.1, 0.15) is 4.88 Å². The SMILES string of the molecule is Cc1ncc(C(=O)N2CC[C@@H](N)C2)s1. The van der Waals surface area contributed by atoms with Gasteiger partial charge in [0.05, 0.1) is 11.2 Å². The molecule has 2 N–H and O–H groups in total. The van der Waals surface area contributed by atoms with E-state index >= 15 is 0 Å². The number of thiazole rings is 1. The van der Waals surface area contributed by atoms with E-state index in [-0.39, 0.29) is 11.9 Å². The van der Waals surface area contributed by atoms with Crippen LogP contribution in [0, 0.1) is 6.92 Å². The average Bonchev–Trinajstić information content (AvgIpc) is 2.73. The number of nitrogens with two attached hydrogens (primary N) is 1. The third kappa shape index (κ3) is 1.78. The van der Waals surface area contributed by atoms with Crippen molar-refractivity contribution in [3.05, 3.63) is 16.1 Å². The van der Waals surface area contributed by atoms with Crippen molar-refractivity contribution in [2.75, 3.05) is 13.1 Å². The summed E-state index contributed by atoms with van der Waals surface area (Å²) in [6.45, 7) is 3.35. The van der Waals surface area contributed by atoms with Crippen molar-refractivity contribution in [3.8, 4) is 0 Å². The molecule has 1 aromatic heterocycles. The van der Waals surface area contributed by atoms with Gasteiger partial charge >= 0.3 is 0 Å². The van der Waals surface area contributed by atoms with Gasteiger partial charge < -0.3 is 10.6 Å². The highest BCUT2D eigenvalue weighted by atomic mass is 32.1. The highest BCUT2D eigenvalue weighted by Crippen LogP contribution is 2.17. The Kier molecular flexibility index (Phi) is 2.52. The summed E-state index contributed by atoms with van der Waals surface area (Å²) in [5.41, 5.74) is 5.74. The Morgan fingerprint density at radius 1 is 1.79 bits per heavy atom. The molecule has 1 atom stereocenters. The van der Waals surface area contributed by atoms with Crippen LogP contribution < -0.4 is 5.73 Å². The minimum atomic E-state index is 0.0727. The van der Waals surface area contributed by atoms with Gasteiger partial charge in [0.2, 0.25) is 0 Å². The van der Waals surface area contributed by atoms with Gasteiger partial charge in [0.25, 0.3) is 5.91 Å². The Labute approximate surface area is 86.7 Å². The van der Waals surface area contributed by atoms with Crippen molar-refractivity contribution in [1.29, 1.82) is 0 Å². The number of nitrogens with zero attached hydrogens (tertiary/aromatic N) is 2. The smallest absolute Gasteiger partial charge is 0.265 e. The first-order valence-electron chi connectivity index (χ1n) is 4.64. The topological polar surface area (TPSA) is 59.2 Å². The van der Waals surface area contributed by atoms with E-state index in [4.69, 9.17) is 5.73 Å². The zero-order valence-corrected chi connectivity index (χ0v) is 8.88. The van der Waals surface area contributed by atoms with Crippen LogP contribution >= 0.6 is 11.3 Å². The maximum Gasteiger partial charge on any atom is 0.265 e. The van der Waals surface area contributed by atoms with Crippen LogP contribution in [-0.4, -0.2) is 34.9 Å². The summed E-state index contributed by atoms with van der Waals surface area (Å²) in [6, 6.07) is 0.146. The summed E-state index contributed by atoms with van der Waals surface area (Å²) < 4.78 is 0. The molecule has 0 aliphatic carbocycles. The highest BCUT2D eigenvalue weighted by molar-refractivity contribution is 7.13. The Morgan fingerprint density at radius 3 is 3.07 bits per heavy atom. The fourth-order valence-electron chi connectivity index (χ4n) is 1.59. The number of amides is 1. The van der Waals surface area contributed by atoms with Crippen molar-refractivity contribution in [1.82, 2.24) is 9.88 Å².